The Morgan fingerprint density at radius 1 is 0.964 bits per heavy atom. The first-order valence-electron chi connectivity index (χ1n) is 8.84. The van der Waals surface area contributed by atoms with E-state index < -0.39 is 0 Å². The van der Waals surface area contributed by atoms with Gasteiger partial charge in [-0.1, -0.05) is 59.8 Å². The molecule has 7 heteroatoms. The molecule has 0 atom stereocenters. The highest BCUT2D eigenvalue weighted by molar-refractivity contribution is 7.98. The molecule has 0 aliphatic rings. The third kappa shape index (κ3) is 3.99. The van der Waals surface area contributed by atoms with Crippen molar-refractivity contribution in [3.63, 3.8) is 0 Å². The molecule has 0 saturated heterocycles. The molecule has 0 unspecified atom stereocenters. The lowest BCUT2D eigenvalue weighted by molar-refractivity contribution is 0.533. The van der Waals surface area contributed by atoms with Gasteiger partial charge in [0.05, 0.1) is 0 Å². The van der Waals surface area contributed by atoms with Gasteiger partial charge in [0.15, 0.2) is 0 Å². The quantitative estimate of drug-likeness (QED) is 0.503. The fourth-order valence-electron chi connectivity index (χ4n) is 2.80. The number of thioether (sulfide) groups is 1. The van der Waals surface area contributed by atoms with Gasteiger partial charge in [-0.15, -0.1) is 10.2 Å². The molecule has 2 aromatic heterocycles. The van der Waals surface area contributed by atoms with Gasteiger partial charge in [-0.3, -0.25) is 9.47 Å². The molecule has 2 heterocycles. The van der Waals surface area contributed by atoms with E-state index in [4.69, 9.17) is 0 Å². The first-order chi connectivity index (χ1) is 13.7. The van der Waals surface area contributed by atoms with Gasteiger partial charge in [0.2, 0.25) is 11.0 Å². The summed E-state index contributed by atoms with van der Waals surface area (Å²) in [6.07, 6.45) is 3.62. The van der Waals surface area contributed by atoms with Crippen molar-refractivity contribution in [1.82, 2.24) is 19.5 Å². The summed E-state index contributed by atoms with van der Waals surface area (Å²) in [5.41, 5.74) is 2.90. The van der Waals surface area contributed by atoms with Gasteiger partial charge >= 0.3 is 5.56 Å². The van der Waals surface area contributed by atoms with E-state index in [-0.39, 0.29) is 11.4 Å². The van der Waals surface area contributed by atoms with E-state index in [0.717, 1.165) is 5.69 Å². The summed E-state index contributed by atoms with van der Waals surface area (Å²) >= 11 is 1.48. The van der Waals surface area contributed by atoms with Crippen LogP contribution in [0.4, 0.5) is 11.5 Å². The minimum Gasteiger partial charge on any atom is -0.334 e. The van der Waals surface area contributed by atoms with Crippen LogP contribution in [0.25, 0.3) is 0 Å². The Morgan fingerprint density at radius 2 is 1.75 bits per heavy atom. The van der Waals surface area contributed by atoms with Crippen LogP contribution >= 0.6 is 11.8 Å². The Morgan fingerprint density at radius 3 is 2.50 bits per heavy atom. The number of nitrogens with zero attached hydrogens (tertiary/aromatic N) is 4. The number of hydrogen-bond donors (Lipinski definition) is 1. The highest BCUT2D eigenvalue weighted by atomic mass is 32.2. The highest BCUT2D eigenvalue weighted by Crippen LogP contribution is 2.21. The van der Waals surface area contributed by atoms with Crippen molar-refractivity contribution in [2.45, 2.75) is 17.8 Å². The molecule has 0 aliphatic carbocycles. The summed E-state index contributed by atoms with van der Waals surface area (Å²) in [5.74, 6) is 0.877. The molecule has 0 spiro atoms. The summed E-state index contributed by atoms with van der Waals surface area (Å²) in [5, 5.41) is 12.0. The van der Waals surface area contributed by atoms with Crippen LogP contribution in [0.5, 0.6) is 0 Å². The molecule has 28 heavy (non-hydrogen) atoms. The number of aromatic nitrogens is 4. The third-order valence-corrected chi connectivity index (χ3v) is 5.11. The Bertz CT molecular complexity index is 1120. The van der Waals surface area contributed by atoms with Crippen LogP contribution in [0.3, 0.4) is 0 Å². The van der Waals surface area contributed by atoms with Crippen LogP contribution in [0.15, 0.2) is 89.1 Å². The molecule has 0 aliphatic heterocycles. The van der Waals surface area contributed by atoms with Crippen LogP contribution in [0, 0.1) is 6.92 Å². The van der Waals surface area contributed by atoms with E-state index in [1.165, 1.54) is 27.6 Å². The number of nitrogens with one attached hydrogen (secondary N) is 1. The monoisotopic (exact) mass is 389 g/mol. The van der Waals surface area contributed by atoms with Crippen LogP contribution in [-0.2, 0) is 5.75 Å². The average Bonchev–Trinajstić information content (AvgIpc) is 3.23. The molecule has 0 fully saturated rings. The van der Waals surface area contributed by atoms with Crippen LogP contribution in [-0.4, -0.2) is 19.5 Å². The molecule has 6 nitrogen and oxygen atoms in total. The highest BCUT2D eigenvalue weighted by Gasteiger charge is 2.14. The molecule has 1 N–H and O–H groups in total. The lowest BCUT2D eigenvalue weighted by Crippen LogP contribution is -2.30. The maximum atomic E-state index is 13.1. The first-order valence-corrected chi connectivity index (χ1v) is 9.83. The Hall–Kier alpha value is -3.32. The van der Waals surface area contributed by atoms with Gasteiger partial charge in [0.1, 0.15) is 0 Å². The zero-order chi connectivity index (χ0) is 19.3. The van der Waals surface area contributed by atoms with Crippen molar-refractivity contribution in [2.75, 3.05) is 5.32 Å². The van der Waals surface area contributed by atoms with Crippen molar-refractivity contribution in [3.05, 3.63) is 101 Å². The summed E-state index contributed by atoms with van der Waals surface area (Å²) < 4.78 is 3.24. The van der Waals surface area contributed by atoms with Crippen molar-refractivity contribution in [2.24, 2.45) is 0 Å². The van der Waals surface area contributed by atoms with Crippen molar-refractivity contribution in [1.29, 1.82) is 0 Å². The normalized spacial score (nSPS) is 10.8. The third-order valence-electron chi connectivity index (χ3n) is 4.12. The molecule has 4 aromatic rings. The van der Waals surface area contributed by atoms with Gasteiger partial charge in [-0.25, -0.2) is 0 Å². The predicted octanol–water partition coefficient (Wildman–Crippen LogP) is 4.10. The second kappa shape index (κ2) is 8.14. The van der Waals surface area contributed by atoms with Crippen molar-refractivity contribution >= 4 is 23.3 Å². The molecule has 4 rings (SSSR count). The summed E-state index contributed by atoms with van der Waals surface area (Å²) in [4.78, 5) is 13.1. The Labute approximate surface area is 166 Å². The fraction of sp³-hybridized carbons (Fsp3) is 0.0952. The summed E-state index contributed by atoms with van der Waals surface area (Å²) in [6.45, 7) is 2.06. The molecule has 0 bridgehead atoms. The minimum absolute atomic E-state index is 0.180. The van der Waals surface area contributed by atoms with E-state index in [9.17, 15) is 4.79 Å². The van der Waals surface area contributed by atoms with Crippen molar-refractivity contribution in [3.8, 4) is 0 Å². The molecule has 0 amide bonds. The number of para-hydroxylation sites is 1. The lowest BCUT2D eigenvalue weighted by Gasteiger charge is -2.14. The topological polar surface area (TPSA) is 64.7 Å². The molecule has 0 saturated carbocycles. The van der Waals surface area contributed by atoms with Gasteiger partial charge in [-0.05, 0) is 36.8 Å². The molecular weight excluding hydrogens is 370 g/mol. The fourth-order valence-corrected chi connectivity index (χ4v) is 3.68. The van der Waals surface area contributed by atoms with E-state index in [0.29, 0.717) is 10.9 Å². The van der Waals surface area contributed by atoms with Crippen molar-refractivity contribution < 1.29 is 0 Å². The molecule has 2 aromatic carbocycles. The van der Waals surface area contributed by atoms with E-state index in [1.54, 1.807) is 4.68 Å². The minimum atomic E-state index is -0.262. The SMILES string of the molecule is Cc1cccc(CSc2nnc(Nc3ccccc3)c(=O)n2-n2cccc2)c1. The lowest BCUT2D eigenvalue weighted by atomic mass is 10.2. The Kier molecular flexibility index (Phi) is 5.25. The predicted molar refractivity (Wildman–Crippen MR) is 112 cm³/mol. The second-order valence-corrected chi connectivity index (χ2v) is 7.22. The zero-order valence-corrected chi connectivity index (χ0v) is 16.1. The van der Waals surface area contributed by atoms with Gasteiger partial charge in [0.25, 0.3) is 0 Å². The standard InChI is InChI=1S/C21H19N5OS/c1-16-8-7-9-17(14-16)15-28-21-24-23-19(22-18-10-3-2-4-11-18)20(27)26(21)25-12-5-6-13-25/h2-14H,15H2,1H3,(H,22,23). The molecule has 0 radical (unpaired) electrons. The average molecular weight is 389 g/mol. The largest absolute Gasteiger partial charge is 0.334 e. The van der Waals surface area contributed by atoms with Gasteiger partial charge in [0, 0.05) is 23.8 Å². The Balaban J connectivity index is 1.68. The maximum Gasteiger partial charge on any atom is 0.316 e. The summed E-state index contributed by atoms with van der Waals surface area (Å²) in [6, 6.07) is 21.5. The van der Waals surface area contributed by atoms with E-state index in [2.05, 4.69) is 40.6 Å². The molecule has 140 valence electrons. The number of rotatable bonds is 6. The second-order valence-electron chi connectivity index (χ2n) is 6.28. The van der Waals surface area contributed by atoms with E-state index >= 15 is 0 Å². The molecular formula is C21H19N5OS. The number of anilines is 2. The number of aryl methyl sites for hydroxylation is 1. The summed E-state index contributed by atoms with van der Waals surface area (Å²) in [7, 11) is 0. The first kappa shape index (κ1) is 18.1. The maximum absolute atomic E-state index is 13.1. The van der Waals surface area contributed by atoms with Gasteiger partial charge < -0.3 is 5.32 Å². The van der Waals surface area contributed by atoms with Crippen LogP contribution < -0.4 is 10.9 Å². The smallest absolute Gasteiger partial charge is 0.316 e. The van der Waals surface area contributed by atoms with Crippen LogP contribution in [0.1, 0.15) is 11.1 Å². The number of benzene rings is 2. The van der Waals surface area contributed by atoms with E-state index in [1.807, 2.05) is 60.9 Å². The number of hydrogen-bond acceptors (Lipinski definition) is 5. The van der Waals surface area contributed by atoms with Crippen LogP contribution in [0.2, 0.25) is 0 Å². The zero-order valence-electron chi connectivity index (χ0n) is 15.3. The van der Waals surface area contributed by atoms with Gasteiger partial charge in [-0.2, -0.15) is 4.68 Å².